The van der Waals surface area contributed by atoms with E-state index in [1.165, 1.54) is 6.07 Å². The molecular formula is C17H20N2O4S. The van der Waals surface area contributed by atoms with E-state index in [1.807, 2.05) is 31.2 Å². The van der Waals surface area contributed by atoms with Crippen molar-refractivity contribution in [1.29, 1.82) is 0 Å². The number of hydrogen-bond donors (Lipinski definition) is 2. The molecule has 0 aromatic heterocycles. The maximum atomic E-state index is 12.4. The lowest BCUT2D eigenvalue weighted by atomic mass is 10.1. The molecule has 2 rings (SSSR count). The number of ether oxygens (including phenoxy) is 1. The largest absolute Gasteiger partial charge is 0.496 e. The number of benzene rings is 2. The van der Waals surface area contributed by atoms with Gasteiger partial charge in [0.2, 0.25) is 10.0 Å². The Morgan fingerprint density at radius 2 is 1.83 bits per heavy atom. The Morgan fingerprint density at radius 1 is 1.12 bits per heavy atom. The predicted molar refractivity (Wildman–Crippen MR) is 93.8 cm³/mol. The quantitative estimate of drug-likeness (QED) is 0.840. The molecule has 0 aliphatic heterocycles. The number of hydrogen-bond acceptors (Lipinski definition) is 4. The molecule has 6 nitrogen and oxygen atoms in total. The van der Waals surface area contributed by atoms with Crippen LogP contribution in [0.4, 0.5) is 5.69 Å². The predicted octanol–water partition coefficient (Wildman–Crippen LogP) is 2.56. The first-order chi connectivity index (χ1) is 11.3. The second-order valence-electron chi connectivity index (χ2n) is 5.39. The van der Waals surface area contributed by atoms with Gasteiger partial charge in [0, 0.05) is 16.8 Å². The van der Waals surface area contributed by atoms with Crippen LogP contribution in [-0.4, -0.2) is 27.7 Å². The highest BCUT2D eigenvalue weighted by Crippen LogP contribution is 2.24. The fourth-order valence-electron chi connectivity index (χ4n) is 2.32. The molecule has 0 aliphatic carbocycles. The van der Waals surface area contributed by atoms with Crippen LogP contribution in [0.25, 0.3) is 0 Å². The summed E-state index contributed by atoms with van der Waals surface area (Å²) < 4.78 is 30.2. The lowest BCUT2D eigenvalue weighted by Crippen LogP contribution is -2.27. The summed E-state index contributed by atoms with van der Waals surface area (Å²) in [6.07, 6.45) is 1.06. The highest BCUT2D eigenvalue weighted by molar-refractivity contribution is 7.92. The van der Waals surface area contributed by atoms with Crippen molar-refractivity contribution in [3.63, 3.8) is 0 Å². The zero-order chi connectivity index (χ0) is 17.7. The second kappa shape index (κ2) is 7.35. The van der Waals surface area contributed by atoms with Crippen LogP contribution in [0.1, 0.15) is 28.9 Å². The third-order valence-corrected chi connectivity index (χ3v) is 3.99. The van der Waals surface area contributed by atoms with Crippen molar-refractivity contribution in [2.75, 3.05) is 18.1 Å². The number of carbonyl (C=O) groups excluding carboxylic acids is 1. The second-order valence-corrected chi connectivity index (χ2v) is 7.14. The number of rotatable bonds is 6. The summed E-state index contributed by atoms with van der Waals surface area (Å²) in [6.45, 7) is 1.86. The molecule has 0 spiro atoms. The van der Waals surface area contributed by atoms with Crippen LogP contribution < -0.4 is 14.8 Å². The third kappa shape index (κ3) is 4.73. The summed E-state index contributed by atoms with van der Waals surface area (Å²) in [6, 6.07) is 13.5. The minimum Gasteiger partial charge on any atom is -0.496 e. The molecule has 24 heavy (non-hydrogen) atoms. The zero-order valence-corrected chi connectivity index (χ0v) is 14.6. The van der Waals surface area contributed by atoms with Crippen molar-refractivity contribution in [2.45, 2.75) is 13.0 Å². The van der Waals surface area contributed by atoms with Crippen molar-refractivity contribution in [1.82, 2.24) is 5.32 Å². The number of anilines is 1. The maximum Gasteiger partial charge on any atom is 0.251 e. The van der Waals surface area contributed by atoms with Gasteiger partial charge in [-0.3, -0.25) is 9.52 Å². The van der Waals surface area contributed by atoms with E-state index in [4.69, 9.17) is 4.74 Å². The first-order valence-electron chi connectivity index (χ1n) is 7.32. The van der Waals surface area contributed by atoms with E-state index in [9.17, 15) is 13.2 Å². The Hall–Kier alpha value is -2.54. The van der Waals surface area contributed by atoms with E-state index >= 15 is 0 Å². The summed E-state index contributed by atoms with van der Waals surface area (Å²) in [5.74, 6) is 0.392. The molecule has 1 amide bonds. The van der Waals surface area contributed by atoms with E-state index in [1.54, 1.807) is 25.3 Å². The van der Waals surface area contributed by atoms with Gasteiger partial charge in [0.15, 0.2) is 0 Å². The summed E-state index contributed by atoms with van der Waals surface area (Å²) in [7, 11) is -1.82. The summed E-state index contributed by atoms with van der Waals surface area (Å²) in [5, 5.41) is 2.88. The van der Waals surface area contributed by atoms with E-state index in [0.717, 1.165) is 11.8 Å². The van der Waals surface area contributed by atoms with Crippen LogP contribution in [0.2, 0.25) is 0 Å². The van der Waals surface area contributed by atoms with E-state index in [2.05, 4.69) is 10.0 Å². The summed E-state index contributed by atoms with van der Waals surface area (Å²) in [5.41, 5.74) is 1.57. The van der Waals surface area contributed by atoms with Crippen LogP contribution in [-0.2, 0) is 10.0 Å². The van der Waals surface area contributed by atoms with Crippen LogP contribution in [0, 0.1) is 0 Å². The summed E-state index contributed by atoms with van der Waals surface area (Å²) >= 11 is 0. The average Bonchev–Trinajstić information content (AvgIpc) is 2.53. The average molecular weight is 348 g/mol. The molecule has 0 saturated carbocycles. The fourth-order valence-corrected chi connectivity index (χ4v) is 2.87. The SMILES string of the molecule is COc1ccccc1[C@@H](C)NC(=O)c1cccc(NS(C)(=O)=O)c1. The number of para-hydroxylation sites is 1. The van der Waals surface area contributed by atoms with Gasteiger partial charge in [-0.15, -0.1) is 0 Å². The highest BCUT2D eigenvalue weighted by atomic mass is 32.2. The molecule has 0 fully saturated rings. The number of nitrogens with one attached hydrogen (secondary N) is 2. The molecule has 2 N–H and O–H groups in total. The number of amides is 1. The molecule has 0 aliphatic rings. The first-order valence-corrected chi connectivity index (χ1v) is 9.21. The molecule has 7 heteroatoms. The van der Waals surface area contributed by atoms with Crippen LogP contribution in [0.5, 0.6) is 5.75 Å². The molecule has 1 atom stereocenters. The van der Waals surface area contributed by atoms with Gasteiger partial charge in [0.05, 0.1) is 19.4 Å². The lowest BCUT2D eigenvalue weighted by Gasteiger charge is -2.17. The minimum absolute atomic E-state index is 0.264. The Kier molecular flexibility index (Phi) is 5.46. The van der Waals surface area contributed by atoms with Gasteiger partial charge in [-0.1, -0.05) is 24.3 Å². The number of methoxy groups -OCH3 is 1. The summed E-state index contributed by atoms with van der Waals surface area (Å²) in [4.78, 5) is 12.4. The van der Waals surface area contributed by atoms with Gasteiger partial charge in [0.25, 0.3) is 5.91 Å². The molecule has 0 unspecified atom stereocenters. The Bertz CT molecular complexity index is 834. The van der Waals surface area contributed by atoms with Crippen molar-refractivity contribution >= 4 is 21.6 Å². The molecule has 2 aromatic carbocycles. The molecule has 0 bridgehead atoms. The van der Waals surface area contributed by atoms with E-state index < -0.39 is 10.0 Å². The van der Waals surface area contributed by atoms with Crippen molar-refractivity contribution in [3.05, 3.63) is 59.7 Å². The first kappa shape index (κ1) is 17.8. The van der Waals surface area contributed by atoms with Gasteiger partial charge in [-0.25, -0.2) is 8.42 Å². The monoisotopic (exact) mass is 348 g/mol. The smallest absolute Gasteiger partial charge is 0.251 e. The van der Waals surface area contributed by atoms with Crippen molar-refractivity contribution < 1.29 is 17.9 Å². The molecule has 0 saturated heterocycles. The Balaban J connectivity index is 2.16. The minimum atomic E-state index is -3.39. The van der Waals surface area contributed by atoms with Gasteiger partial charge in [0.1, 0.15) is 5.75 Å². The molecular weight excluding hydrogens is 328 g/mol. The Labute approximate surface area is 141 Å². The number of carbonyl (C=O) groups is 1. The fraction of sp³-hybridized carbons (Fsp3) is 0.235. The van der Waals surface area contributed by atoms with E-state index in [0.29, 0.717) is 17.0 Å². The Morgan fingerprint density at radius 3 is 2.50 bits per heavy atom. The van der Waals surface area contributed by atoms with Gasteiger partial charge >= 0.3 is 0 Å². The van der Waals surface area contributed by atoms with Gasteiger partial charge in [-0.05, 0) is 31.2 Å². The molecule has 2 aromatic rings. The van der Waals surface area contributed by atoms with Crippen molar-refractivity contribution in [2.24, 2.45) is 0 Å². The molecule has 128 valence electrons. The topological polar surface area (TPSA) is 84.5 Å². The normalized spacial score (nSPS) is 12.3. The van der Waals surface area contributed by atoms with E-state index in [-0.39, 0.29) is 11.9 Å². The van der Waals surface area contributed by atoms with Crippen LogP contribution >= 0.6 is 0 Å². The number of sulfonamides is 1. The zero-order valence-electron chi connectivity index (χ0n) is 13.7. The standard InChI is InChI=1S/C17H20N2O4S/c1-12(15-9-4-5-10-16(15)23-2)18-17(20)13-7-6-8-14(11-13)19-24(3,21)22/h4-12,19H,1-3H3,(H,18,20)/t12-/m1/s1. The highest BCUT2D eigenvalue weighted by Gasteiger charge is 2.15. The molecule has 0 radical (unpaired) electrons. The van der Waals surface area contributed by atoms with Crippen LogP contribution in [0.15, 0.2) is 48.5 Å². The van der Waals surface area contributed by atoms with Gasteiger partial charge in [-0.2, -0.15) is 0 Å². The van der Waals surface area contributed by atoms with Crippen LogP contribution in [0.3, 0.4) is 0 Å². The lowest BCUT2D eigenvalue weighted by molar-refractivity contribution is 0.0939. The van der Waals surface area contributed by atoms with Gasteiger partial charge < -0.3 is 10.1 Å². The third-order valence-electron chi connectivity index (χ3n) is 3.38. The molecule has 0 heterocycles. The van der Waals surface area contributed by atoms with Crippen molar-refractivity contribution in [3.8, 4) is 5.75 Å². The maximum absolute atomic E-state index is 12.4.